The first-order chi connectivity index (χ1) is 19.4. The van der Waals surface area contributed by atoms with Crippen molar-refractivity contribution < 1.29 is 14.3 Å². The Morgan fingerprint density at radius 2 is 1.75 bits per heavy atom. The lowest BCUT2D eigenvalue weighted by atomic mass is 9.99. The second-order valence-electron chi connectivity index (χ2n) is 10.8. The Bertz CT molecular complexity index is 1400. The smallest absolute Gasteiger partial charge is 0.254 e. The third-order valence-electron chi connectivity index (χ3n) is 8.16. The summed E-state index contributed by atoms with van der Waals surface area (Å²) in [5.74, 6) is -0.340. The molecule has 0 aliphatic carbocycles. The number of amides is 1. The van der Waals surface area contributed by atoms with Gasteiger partial charge in [0.1, 0.15) is 11.9 Å². The molecule has 208 valence electrons. The Morgan fingerprint density at radius 3 is 2.45 bits per heavy atom. The van der Waals surface area contributed by atoms with Crippen LogP contribution < -0.4 is 15.1 Å². The number of halogens is 1. The van der Waals surface area contributed by atoms with Gasteiger partial charge in [-0.15, -0.1) is 0 Å². The van der Waals surface area contributed by atoms with E-state index >= 15 is 0 Å². The topological polar surface area (TPSA) is 82.8 Å². The highest BCUT2D eigenvalue weighted by Gasteiger charge is 2.31. The van der Waals surface area contributed by atoms with Crippen LogP contribution in [-0.4, -0.2) is 67.3 Å². The second-order valence-corrected chi connectivity index (χ2v) is 10.8. The molecule has 0 radical (unpaired) electrons. The van der Waals surface area contributed by atoms with Gasteiger partial charge in [0.25, 0.3) is 5.91 Å². The molecule has 3 aromatic rings. The Labute approximate surface area is 235 Å². The lowest BCUT2D eigenvalue weighted by Gasteiger charge is -2.42. The fourth-order valence-corrected chi connectivity index (χ4v) is 5.91. The van der Waals surface area contributed by atoms with Crippen LogP contribution in [0, 0.1) is 31.0 Å². The van der Waals surface area contributed by atoms with Crippen LogP contribution in [0.5, 0.6) is 0 Å². The Hall–Kier alpha value is -4.09. The lowest BCUT2D eigenvalue weighted by molar-refractivity contribution is 0.0698. The fourth-order valence-electron chi connectivity index (χ4n) is 5.91. The van der Waals surface area contributed by atoms with E-state index in [0.29, 0.717) is 30.8 Å². The summed E-state index contributed by atoms with van der Waals surface area (Å²) in [6.45, 7) is 7.11. The molecule has 0 bridgehead atoms. The van der Waals surface area contributed by atoms with Crippen molar-refractivity contribution in [2.75, 3.05) is 54.4 Å². The van der Waals surface area contributed by atoms with Gasteiger partial charge in [-0.05, 0) is 80.3 Å². The van der Waals surface area contributed by atoms with Gasteiger partial charge >= 0.3 is 0 Å². The summed E-state index contributed by atoms with van der Waals surface area (Å²) in [5.41, 5.74) is 6.19. The normalized spacial score (nSPS) is 18.0. The molecule has 7 nitrogen and oxygen atoms in total. The molecule has 2 aliphatic rings. The van der Waals surface area contributed by atoms with Crippen molar-refractivity contribution in [2.24, 2.45) is 0 Å². The molecule has 0 unspecified atom stereocenters. The van der Waals surface area contributed by atoms with Gasteiger partial charge in [-0.3, -0.25) is 4.79 Å². The number of anilines is 3. The molecule has 8 heteroatoms. The quantitative estimate of drug-likeness (QED) is 0.470. The van der Waals surface area contributed by atoms with Gasteiger partial charge in [0.05, 0.1) is 23.9 Å². The number of hydrogen-bond acceptors (Lipinski definition) is 6. The van der Waals surface area contributed by atoms with Crippen molar-refractivity contribution in [1.82, 2.24) is 4.90 Å². The molecule has 40 heavy (non-hydrogen) atoms. The van der Waals surface area contributed by atoms with Gasteiger partial charge in [0, 0.05) is 55.7 Å². The molecule has 0 saturated carbocycles. The van der Waals surface area contributed by atoms with Crippen LogP contribution in [0.4, 0.5) is 21.5 Å². The number of carbonyl (C=O) groups excluding carboxylic acids is 1. The minimum atomic E-state index is -0.299. The van der Waals surface area contributed by atoms with Crippen molar-refractivity contribution in [3.8, 4) is 6.07 Å². The van der Waals surface area contributed by atoms with Crippen molar-refractivity contribution in [3.63, 3.8) is 0 Å². The second kappa shape index (κ2) is 12.0. The highest BCUT2D eigenvalue weighted by atomic mass is 19.1. The number of benzene rings is 3. The van der Waals surface area contributed by atoms with Crippen LogP contribution in [0.25, 0.3) is 0 Å². The maximum atomic E-state index is 13.7. The zero-order valence-corrected chi connectivity index (χ0v) is 23.1. The SMILES string of the molecule is Cc1cc(C)c(C(=O)N2CCN(c3ccc(F)cc3)[C@@H](CO)C2)cc1NC1CCN(c2ccccc2C#N)CC1. The summed E-state index contributed by atoms with van der Waals surface area (Å²) in [7, 11) is 0. The van der Waals surface area contributed by atoms with Crippen LogP contribution >= 0.6 is 0 Å². The Balaban J connectivity index is 1.25. The number of carbonyl (C=O) groups is 1. The molecule has 3 aromatic carbocycles. The van der Waals surface area contributed by atoms with E-state index in [0.717, 1.165) is 54.1 Å². The molecular formula is C32H36FN5O2. The van der Waals surface area contributed by atoms with Crippen LogP contribution in [0.1, 0.15) is 39.9 Å². The largest absolute Gasteiger partial charge is 0.394 e. The molecule has 2 heterocycles. The van der Waals surface area contributed by atoms with E-state index in [-0.39, 0.29) is 30.4 Å². The van der Waals surface area contributed by atoms with Crippen LogP contribution in [0.2, 0.25) is 0 Å². The number of rotatable bonds is 6. The summed E-state index contributed by atoms with van der Waals surface area (Å²) in [5, 5.41) is 23.3. The number of aliphatic hydroxyl groups is 1. The van der Waals surface area contributed by atoms with Crippen molar-refractivity contribution in [2.45, 2.75) is 38.8 Å². The first-order valence-corrected chi connectivity index (χ1v) is 13.9. The predicted octanol–water partition coefficient (Wildman–Crippen LogP) is 4.72. The summed E-state index contributed by atoms with van der Waals surface area (Å²) in [6.07, 6.45) is 1.86. The number of aliphatic hydroxyl groups excluding tert-OH is 1. The average Bonchev–Trinajstić information content (AvgIpc) is 2.98. The van der Waals surface area contributed by atoms with Crippen LogP contribution in [-0.2, 0) is 0 Å². The molecule has 2 aliphatic heterocycles. The van der Waals surface area contributed by atoms with E-state index in [1.54, 1.807) is 12.1 Å². The standard InChI is InChI=1S/C32H36FN5O2/c1-22-17-23(2)30(35-26-11-13-36(14-12-26)31-6-4-3-5-24(31)19-34)18-29(22)32(40)37-15-16-38(28(20-37)21-39)27-9-7-25(33)8-10-27/h3-10,17-18,26,28,35,39H,11-16,20-21H2,1-2H3/t28-/m1/s1. The summed E-state index contributed by atoms with van der Waals surface area (Å²) < 4.78 is 13.4. The molecule has 0 aromatic heterocycles. The highest BCUT2D eigenvalue weighted by Crippen LogP contribution is 2.29. The minimum Gasteiger partial charge on any atom is -0.394 e. The maximum Gasteiger partial charge on any atom is 0.254 e. The zero-order valence-electron chi connectivity index (χ0n) is 23.1. The molecule has 1 amide bonds. The number of hydrogen-bond donors (Lipinski definition) is 2. The van der Waals surface area contributed by atoms with Crippen LogP contribution in [0.15, 0.2) is 60.7 Å². The van der Waals surface area contributed by atoms with E-state index in [4.69, 9.17) is 0 Å². The van der Waals surface area contributed by atoms with E-state index in [2.05, 4.69) is 29.3 Å². The molecule has 2 saturated heterocycles. The molecular weight excluding hydrogens is 505 g/mol. The number of piperidine rings is 1. The third kappa shape index (κ3) is 5.75. The van der Waals surface area contributed by atoms with E-state index in [1.165, 1.54) is 12.1 Å². The number of piperazine rings is 1. The van der Waals surface area contributed by atoms with E-state index < -0.39 is 0 Å². The van der Waals surface area contributed by atoms with Crippen molar-refractivity contribution in [1.29, 1.82) is 5.26 Å². The predicted molar refractivity (Wildman–Crippen MR) is 156 cm³/mol. The zero-order chi connectivity index (χ0) is 28.2. The number of nitrogens with one attached hydrogen (secondary N) is 1. The fraction of sp³-hybridized carbons (Fsp3) is 0.375. The molecule has 2 N–H and O–H groups in total. The van der Waals surface area contributed by atoms with Gasteiger partial charge < -0.3 is 25.1 Å². The number of nitrogens with zero attached hydrogens (tertiary/aromatic N) is 4. The Kier molecular flexibility index (Phi) is 8.22. The van der Waals surface area contributed by atoms with E-state index in [1.807, 2.05) is 47.1 Å². The van der Waals surface area contributed by atoms with Gasteiger partial charge in [0.2, 0.25) is 0 Å². The number of para-hydroxylation sites is 1. The monoisotopic (exact) mass is 541 g/mol. The molecule has 1 atom stereocenters. The van der Waals surface area contributed by atoms with Gasteiger partial charge in [-0.25, -0.2) is 4.39 Å². The lowest BCUT2D eigenvalue weighted by Crippen LogP contribution is -2.56. The first kappa shape index (κ1) is 27.5. The summed E-state index contributed by atoms with van der Waals surface area (Å²) in [4.78, 5) is 19.8. The summed E-state index contributed by atoms with van der Waals surface area (Å²) >= 11 is 0. The van der Waals surface area contributed by atoms with Gasteiger partial charge in [-0.2, -0.15) is 5.26 Å². The minimum absolute atomic E-state index is 0.0410. The molecule has 5 rings (SSSR count). The van der Waals surface area contributed by atoms with Crippen LogP contribution in [0.3, 0.4) is 0 Å². The van der Waals surface area contributed by atoms with Gasteiger partial charge in [0.15, 0.2) is 0 Å². The average molecular weight is 542 g/mol. The van der Waals surface area contributed by atoms with Crippen molar-refractivity contribution >= 4 is 23.0 Å². The third-order valence-corrected chi connectivity index (χ3v) is 8.16. The first-order valence-electron chi connectivity index (χ1n) is 13.9. The summed E-state index contributed by atoms with van der Waals surface area (Å²) in [6, 6.07) is 20.3. The van der Waals surface area contributed by atoms with Crippen molar-refractivity contribution in [3.05, 3.63) is 88.7 Å². The van der Waals surface area contributed by atoms with E-state index in [9.17, 15) is 19.6 Å². The number of aryl methyl sites for hydroxylation is 2. The Morgan fingerprint density at radius 1 is 1.02 bits per heavy atom. The van der Waals surface area contributed by atoms with Gasteiger partial charge in [-0.1, -0.05) is 18.2 Å². The highest BCUT2D eigenvalue weighted by molar-refractivity contribution is 5.97. The number of nitriles is 1. The maximum absolute atomic E-state index is 13.7. The molecule has 0 spiro atoms. The molecule has 2 fully saturated rings.